The summed E-state index contributed by atoms with van der Waals surface area (Å²) >= 11 is 0. The highest BCUT2D eigenvalue weighted by Crippen LogP contribution is 2.22. The molecule has 0 atom stereocenters. The second-order valence-corrected chi connectivity index (χ2v) is 6.27. The summed E-state index contributed by atoms with van der Waals surface area (Å²) in [6.45, 7) is 6.71. The van der Waals surface area contributed by atoms with Gasteiger partial charge >= 0.3 is 0 Å². The average Bonchev–Trinajstić information content (AvgIpc) is 2.55. The minimum atomic E-state index is -0.436. The Bertz CT molecular complexity index is 758. The predicted molar refractivity (Wildman–Crippen MR) is 85.7 cm³/mol. The van der Waals surface area contributed by atoms with E-state index in [4.69, 9.17) is 0 Å². The predicted octanol–water partition coefficient (Wildman–Crippen LogP) is 3.25. The second-order valence-electron chi connectivity index (χ2n) is 6.27. The molecule has 2 aromatic rings. The van der Waals surface area contributed by atoms with Gasteiger partial charge in [0.1, 0.15) is 11.6 Å². The molecule has 0 saturated carbocycles. The summed E-state index contributed by atoms with van der Waals surface area (Å²) in [4.78, 5) is 23.3. The summed E-state index contributed by atoms with van der Waals surface area (Å²) in [5, 5.41) is 0. The Morgan fingerprint density at radius 2 is 2.13 bits per heavy atom. The fourth-order valence-electron chi connectivity index (χ4n) is 2.75. The zero-order valence-electron chi connectivity index (χ0n) is 13.6. The van der Waals surface area contributed by atoms with Gasteiger partial charge in [-0.3, -0.25) is 4.79 Å². The number of halogens is 1. The number of hydrogen-bond donors (Lipinski definition) is 0. The smallest absolute Gasteiger partial charge is 0.257 e. The van der Waals surface area contributed by atoms with Crippen LogP contribution in [0.25, 0.3) is 0 Å². The zero-order chi connectivity index (χ0) is 16.6. The number of carbonyl (C=O) groups excluding carboxylic acids is 1. The Morgan fingerprint density at radius 3 is 2.87 bits per heavy atom. The van der Waals surface area contributed by atoms with Crippen molar-refractivity contribution in [2.45, 2.75) is 39.7 Å². The summed E-state index contributed by atoms with van der Waals surface area (Å²) in [5.74, 6) is 0.302. The number of amides is 1. The fourth-order valence-corrected chi connectivity index (χ4v) is 2.75. The first kappa shape index (κ1) is 15.6. The van der Waals surface area contributed by atoms with Crippen molar-refractivity contribution in [1.29, 1.82) is 0 Å². The van der Waals surface area contributed by atoms with Gasteiger partial charge in [0.05, 0.1) is 17.8 Å². The minimum Gasteiger partial charge on any atom is -0.332 e. The number of nitrogens with zero attached hydrogens (tertiary/aromatic N) is 3. The van der Waals surface area contributed by atoms with Crippen molar-refractivity contribution >= 4 is 5.91 Å². The Balaban J connectivity index is 1.87. The molecule has 0 aliphatic carbocycles. The van der Waals surface area contributed by atoms with E-state index in [2.05, 4.69) is 9.97 Å². The maximum atomic E-state index is 14.2. The normalized spacial score (nSPS) is 14.0. The van der Waals surface area contributed by atoms with Crippen LogP contribution in [-0.4, -0.2) is 27.3 Å². The molecule has 1 aromatic heterocycles. The molecule has 0 radical (unpaired) electrons. The molecule has 120 valence electrons. The van der Waals surface area contributed by atoms with Crippen LogP contribution in [0.1, 0.15) is 52.8 Å². The zero-order valence-corrected chi connectivity index (χ0v) is 13.6. The number of benzene rings is 1. The van der Waals surface area contributed by atoms with Gasteiger partial charge in [-0.05, 0) is 30.5 Å². The summed E-state index contributed by atoms with van der Waals surface area (Å²) < 4.78 is 14.2. The largest absolute Gasteiger partial charge is 0.332 e. The van der Waals surface area contributed by atoms with Crippen LogP contribution < -0.4 is 0 Å². The first-order valence-electron chi connectivity index (χ1n) is 7.86. The van der Waals surface area contributed by atoms with Crippen molar-refractivity contribution in [2.24, 2.45) is 0 Å². The minimum absolute atomic E-state index is 0.131. The van der Waals surface area contributed by atoms with Gasteiger partial charge in [-0.1, -0.05) is 26.0 Å². The van der Waals surface area contributed by atoms with Crippen molar-refractivity contribution in [3.8, 4) is 0 Å². The number of carbonyl (C=O) groups is 1. The molecule has 1 aliphatic heterocycles. The van der Waals surface area contributed by atoms with Crippen LogP contribution in [0.2, 0.25) is 0 Å². The van der Waals surface area contributed by atoms with Crippen LogP contribution in [0.4, 0.5) is 4.39 Å². The van der Waals surface area contributed by atoms with Gasteiger partial charge in [0.15, 0.2) is 0 Å². The standard InChI is InChI=1S/C18H20FN3O/c1-11(2)17-20-9-13-7-8-22(10-15(13)21-17)18(23)14-6-4-5-12(3)16(14)19/h4-6,9,11H,7-8,10H2,1-3H3. The third-order valence-corrected chi connectivity index (χ3v) is 4.19. The van der Waals surface area contributed by atoms with Crippen molar-refractivity contribution < 1.29 is 9.18 Å². The van der Waals surface area contributed by atoms with E-state index in [1.165, 1.54) is 0 Å². The lowest BCUT2D eigenvalue weighted by Gasteiger charge is -2.28. The number of aryl methyl sites for hydroxylation is 1. The third-order valence-electron chi connectivity index (χ3n) is 4.19. The highest BCUT2D eigenvalue weighted by atomic mass is 19.1. The van der Waals surface area contributed by atoms with Gasteiger partial charge in [-0.2, -0.15) is 0 Å². The molecule has 0 bridgehead atoms. The molecule has 3 rings (SSSR count). The molecule has 2 heterocycles. The van der Waals surface area contributed by atoms with Gasteiger partial charge < -0.3 is 4.90 Å². The Kier molecular flexibility index (Phi) is 4.11. The molecular weight excluding hydrogens is 293 g/mol. The molecule has 0 fully saturated rings. The first-order chi connectivity index (χ1) is 11.0. The maximum absolute atomic E-state index is 14.2. The molecule has 1 aliphatic rings. The van der Waals surface area contributed by atoms with Crippen LogP contribution in [0, 0.1) is 12.7 Å². The quantitative estimate of drug-likeness (QED) is 0.855. The summed E-state index contributed by atoms with van der Waals surface area (Å²) in [5.41, 5.74) is 2.56. The molecule has 0 N–H and O–H groups in total. The van der Waals surface area contributed by atoms with Crippen LogP contribution >= 0.6 is 0 Å². The van der Waals surface area contributed by atoms with Crippen molar-refractivity contribution in [3.05, 3.63) is 58.4 Å². The van der Waals surface area contributed by atoms with Gasteiger partial charge in [0.25, 0.3) is 5.91 Å². The highest BCUT2D eigenvalue weighted by Gasteiger charge is 2.25. The molecule has 0 unspecified atom stereocenters. The van der Waals surface area contributed by atoms with E-state index in [1.54, 1.807) is 30.0 Å². The lowest BCUT2D eigenvalue weighted by atomic mass is 10.0. The van der Waals surface area contributed by atoms with E-state index in [-0.39, 0.29) is 17.4 Å². The third kappa shape index (κ3) is 2.96. The van der Waals surface area contributed by atoms with Crippen molar-refractivity contribution in [2.75, 3.05) is 6.54 Å². The highest BCUT2D eigenvalue weighted by molar-refractivity contribution is 5.94. The lowest BCUT2D eigenvalue weighted by Crippen LogP contribution is -2.37. The Hall–Kier alpha value is -2.30. The first-order valence-corrected chi connectivity index (χ1v) is 7.86. The van der Waals surface area contributed by atoms with E-state index in [1.807, 2.05) is 20.0 Å². The monoisotopic (exact) mass is 313 g/mol. The lowest BCUT2D eigenvalue weighted by molar-refractivity contribution is 0.0726. The number of rotatable bonds is 2. The Labute approximate surface area is 135 Å². The van der Waals surface area contributed by atoms with Gasteiger partial charge in [-0.15, -0.1) is 0 Å². The number of aromatic nitrogens is 2. The molecule has 4 nitrogen and oxygen atoms in total. The van der Waals surface area contributed by atoms with Gasteiger partial charge in [0.2, 0.25) is 0 Å². The SMILES string of the molecule is Cc1cccc(C(=O)N2CCc3cnc(C(C)C)nc3C2)c1F. The summed E-state index contributed by atoms with van der Waals surface area (Å²) in [7, 11) is 0. The Morgan fingerprint density at radius 1 is 1.35 bits per heavy atom. The van der Waals surface area contributed by atoms with E-state index in [9.17, 15) is 9.18 Å². The van der Waals surface area contributed by atoms with Crippen molar-refractivity contribution in [3.63, 3.8) is 0 Å². The molecule has 0 spiro atoms. The molecule has 1 aromatic carbocycles. The average molecular weight is 313 g/mol. The summed E-state index contributed by atoms with van der Waals surface area (Å²) in [6, 6.07) is 4.92. The molecule has 0 saturated heterocycles. The van der Waals surface area contributed by atoms with Crippen LogP contribution in [-0.2, 0) is 13.0 Å². The number of hydrogen-bond acceptors (Lipinski definition) is 3. The van der Waals surface area contributed by atoms with Crippen molar-refractivity contribution in [1.82, 2.24) is 14.9 Å². The number of fused-ring (bicyclic) bond motifs is 1. The van der Waals surface area contributed by atoms with E-state index < -0.39 is 5.82 Å². The van der Waals surface area contributed by atoms with Crippen LogP contribution in [0.5, 0.6) is 0 Å². The maximum Gasteiger partial charge on any atom is 0.257 e. The van der Waals surface area contributed by atoms with E-state index in [0.29, 0.717) is 25.1 Å². The second kappa shape index (κ2) is 6.07. The molecule has 1 amide bonds. The van der Waals surface area contributed by atoms with E-state index >= 15 is 0 Å². The molecular formula is C18H20FN3O. The molecule has 23 heavy (non-hydrogen) atoms. The van der Waals surface area contributed by atoms with E-state index in [0.717, 1.165) is 17.1 Å². The topological polar surface area (TPSA) is 46.1 Å². The van der Waals surface area contributed by atoms with Gasteiger partial charge in [0, 0.05) is 18.7 Å². The van der Waals surface area contributed by atoms with Gasteiger partial charge in [-0.25, -0.2) is 14.4 Å². The van der Waals surface area contributed by atoms with Crippen LogP contribution in [0.15, 0.2) is 24.4 Å². The fraction of sp³-hybridized carbons (Fsp3) is 0.389. The summed E-state index contributed by atoms with van der Waals surface area (Å²) in [6.07, 6.45) is 2.56. The molecule has 5 heteroatoms. The van der Waals surface area contributed by atoms with Crippen LogP contribution in [0.3, 0.4) is 0 Å².